The summed E-state index contributed by atoms with van der Waals surface area (Å²) in [7, 11) is 0. The van der Waals surface area contributed by atoms with Crippen molar-refractivity contribution in [1.29, 1.82) is 0 Å². The zero-order chi connectivity index (χ0) is 17.1. The Kier molecular flexibility index (Phi) is 5.03. The van der Waals surface area contributed by atoms with E-state index in [1.54, 1.807) is 0 Å². The molecule has 0 bridgehead atoms. The maximum atomic E-state index is 12.2. The van der Waals surface area contributed by atoms with Crippen molar-refractivity contribution in [2.45, 2.75) is 40.0 Å². The molecule has 0 N–H and O–H groups in total. The van der Waals surface area contributed by atoms with Crippen molar-refractivity contribution in [3.05, 3.63) is 35.4 Å². The SMILES string of the molecule is CCCCC(=O)N1CCN(c2cc(C)c3cccc(C)c3n2)CC1. The quantitative estimate of drug-likeness (QED) is 0.860. The minimum atomic E-state index is 0.301. The van der Waals surface area contributed by atoms with Crippen molar-refractivity contribution in [3.63, 3.8) is 0 Å². The molecule has 2 heterocycles. The van der Waals surface area contributed by atoms with Crippen LogP contribution in [0, 0.1) is 13.8 Å². The van der Waals surface area contributed by atoms with Gasteiger partial charge in [-0.2, -0.15) is 0 Å². The molecule has 128 valence electrons. The van der Waals surface area contributed by atoms with Crippen LogP contribution in [-0.4, -0.2) is 42.0 Å². The number of fused-ring (bicyclic) bond motifs is 1. The molecular weight excluding hydrogens is 298 g/mol. The standard InChI is InChI=1S/C20H27N3O/c1-4-5-9-19(24)23-12-10-22(11-13-23)18-14-16(3)17-8-6-7-15(2)20(17)21-18/h6-8,14H,4-5,9-13H2,1-3H3. The number of para-hydroxylation sites is 1. The molecule has 0 atom stereocenters. The second kappa shape index (κ2) is 7.20. The van der Waals surface area contributed by atoms with Crippen LogP contribution >= 0.6 is 0 Å². The lowest BCUT2D eigenvalue weighted by molar-refractivity contribution is -0.131. The van der Waals surface area contributed by atoms with Crippen LogP contribution in [-0.2, 0) is 4.79 Å². The predicted molar refractivity (Wildman–Crippen MR) is 99.5 cm³/mol. The number of nitrogens with zero attached hydrogens (tertiary/aromatic N) is 3. The van der Waals surface area contributed by atoms with E-state index in [0.29, 0.717) is 12.3 Å². The second-order valence-electron chi connectivity index (χ2n) is 6.74. The maximum absolute atomic E-state index is 12.2. The lowest BCUT2D eigenvalue weighted by Crippen LogP contribution is -2.49. The Labute approximate surface area is 144 Å². The minimum Gasteiger partial charge on any atom is -0.353 e. The average Bonchev–Trinajstić information content (AvgIpc) is 2.60. The van der Waals surface area contributed by atoms with E-state index in [9.17, 15) is 4.79 Å². The number of unbranched alkanes of at least 4 members (excludes halogenated alkanes) is 1. The number of carbonyl (C=O) groups excluding carboxylic acids is 1. The number of carbonyl (C=O) groups is 1. The van der Waals surface area contributed by atoms with Gasteiger partial charge >= 0.3 is 0 Å². The topological polar surface area (TPSA) is 36.4 Å². The zero-order valence-corrected chi connectivity index (χ0v) is 15.0. The van der Waals surface area contributed by atoms with Gasteiger partial charge in [-0.3, -0.25) is 4.79 Å². The molecule has 24 heavy (non-hydrogen) atoms. The smallest absolute Gasteiger partial charge is 0.222 e. The van der Waals surface area contributed by atoms with Crippen LogP contribution in [0.3, 0.4) is 0 Å². The fourth-order valence-corrected chi connectivity index (χ4v) is 3.38. The van der Waals surface area contributed by atoms with Crippen LogP contribution < -0.4 is 4.90 Å². The molecule has 1 saturated heterocycles. The van der Waals surface area contributed by atoms with Gasteiger partial charge in [-0.25, -0.2) is 4.98 Å². The monoisotopic (exact) mass is 325 g/mol. The zero-order valence-electron chi connectivity index (χ0n) is 15.0. The Morgan fingerprint density at radius 3 is 2.58 bits per heavy atom. The minimum absolute atomic E-state index is 0.301. The number of aromatic nitrogens is 1. The van der Waals surface area contributed by atoms with Gasteiger partial charge in [-0.05, 0) is 37.5 Å². The lowest BCUT2D eigenvalue weighted by Gasteiger charge is -2.35. The van der Waals surface area contributed by atoms with Crippen molar-refractivity contribution in [2.75, 3.05) is 31.1 Å². The number of amides is 1. The summed E-state index contributed by atoms with van der Waals surface area (Å²) in [6.45, 7) is 9.72. The second-order valence-corrected chi connectivity index (χ2v) is 6.74. The number of pyridine rings is 1. The Hall–Kier alpha value is -2.10. The van der Waals surface area contributed by atoms with Gasteiger partial charge in [-0.15, -0.1) is 0 Å². The van der Waals surface area contributed by atoms with Crippen molar-refractivity contribution in [3.8, 4) is 0 Å². The van der Waals surface area contributed by atoms with E-state index in [-0.39, 0.29) is 0 Å². The molecule has 4 nitrogen and oxygen atoms in total. The first-order valence-corrected chi connectivity index (χ1v) is 9.00. The molecule has 4 heteroatoms. The first-order chi connectivity index (χ1) is 11.6. The molecule has 3 rings (SSSR count). The highest BCUT2D eigenvalue weighted by atomic mass is 16.2. The van der Waals surface area contributed by atoms with Gasteiger partial charge in [0.25, 0.3) is 0 Å². The molecule has 0 aliphatic carbocycles. The summed E-state index contributed by atoms with van der Waals surface area (Å²) in [5.74, 6) is 1.34. The first kappa shape index (κ1) is 16.7. The summed E-state index contributed by atoms with van der Waals surface area (Å²) in [6, 6.07) is 8.52. The number of piperazine rings is 1. The molecular formula is C20H27N3O. The molecule has 0 unspecified atom stereocenters. The van der Waals surface area contributed by atoms with E-state index in [2.05, 4.69) is 49.9 Å². The lowest BCUT2D eigenvalue weighted by atomic mass is 10.1. The average molecular weight is 325 g/mol. The van der Waals surface area contributed by atoms with Crippen molar-refractivity contribution in [1.82, 2.24) is 9.88 Å². The molecule has 1 fully saturated rings. The largest absolute Gasteiger partial charge is 0.353 e. The van der Waals surface area contributed by atoms with Crippen molar-refractivity contribution >= 4 is 22.6 Å². The van der Waals surface area contributed by atoms with Crippen LogP contribution in [0.5, 0.6) is 0 Å². The molecule has 1 aliphatic rings. The highest BCUT2D eigenvalue weighted by Gasteiger charge is 2.22. The Balaban J connectivity index is 1.74. The van der Waals surface area contributed by atoms with E-state index < -0.39 is 0 Å². The fourth-order valence-electron chi connectivity index (χ4n) is 3.38. The summed E-state index contributed by atoms with van der Waals surface area (Å²) in [4.78, 5) is 21.4. The third-order valence-electron chi connectivity index (χ3n) is 4.94. The summed E-state index contributed by atoms with van der Waals surface area (Å²) in [6.07, 6.45) is 2.75. The normalized spacial score (nSPS) is 15.1. The van der Waals surface area contributed by atoms with Crippen LogP contribution in [0.2, 0.25) is 0 Å². The molecule has 0 spiro atoms. The van der Waals surface area contributed by atoms with Crippen LogP contribution in [0.15, 0.2) is 24.3 Å². The van der Waals surface area contributed by atoms with Gasteiger partial charge in [0.2, 0.25) is 5.91 Å². The first-order valence-electron chi connectivity index (χ1n) is 9.00. The maximum Gasteiger partial charge on any atom is 0.222 e. The molecule has 1 aliphatic heterocycles. The third kappa shape index (κ3) is 3.37. The van der Waals surface area contributed by atoms with Crippen LogP contribution in [0.25, 0.3) is 10.9 Å². The molecule has 2 aromatic rings. The third-order valence-corrected chi connectivity index (χ3v) is 4.94. The van der Waals surface area contributed by atoms with E-state index in [4.69, 9.17) is 4.98 Å². The number of aryl methyl sites for hydroxylation is 2. The predicted octanol–water partition coefficient (Wildman–Crippen LogP) is 3.69. The molecule has 1 amide bonds. The van der Waals surface area contributed by atoms with E-state index in [0.717, 1.165) is 50.4 Å². The summed E-state index contributed by atoms with van der Waals surface area (Å²) >= 11 is 0. The summed E-state index contributed by atoms with van der Waals surface area (Å²) < 4.78 is 0. The van der Waals surface area contributed by atoms with E-state index >= 15 is 0 Å². The van der Waals surface area contributed by atoms with Gasteiger partial charge in [0, 0.05) is 38.0 Å². The van der Waals surface area contributed by atoms with Crippen molar-refractivity contribution < 1.29 is 4.79 Å². The molecule has 0 radical (unpaired) electrons. The summed E-state index contributed by atoms with van der Waals surface area (Å²) in [5.41, 5.74) is 3.57. The number of hydrogen-bond acceptors (Lipinski definition) is 3. The highest BCUT2D eigenvalue weighted by Crippen LogP contribution is 2.25. The molecule has 1 aromatic heterocycles. The van der Waals surface area contributed by atoms with Crippen LogP contribution in [0.4, 0.5) is 5.82 Å². The highest BCUT2D eigenvalue weighted by molar-refractivity contribution is 5.86. The number of benzene rings is 1. The Morgan fingerprint density at radius 2 is 1.88 bits per heavy atom. The Bertz CT molecular complexity index is 733. The van der Waals surface area contributed by atoms with Gasteiger partial charge in [0.05, 0.1) is 5.52 Å². The summed E-state index contributed by atoms with van der Waals surface area (Å²) in [5, 5.41) is 1.23. The number of hydrogen-bond donors (Lipinski definition) is 0. The van der Waals surface area contributed by atoms with Crippen molar-refractivity contribution in [2.24, 2.45) is 0 Å². The fraction of sp³-hybridized carbons (Fsp3) is 0.500. The van der Waals surface area contributed by atoms with Gasteiger partial charge < -0.3 is 9.80 Å². The van der Waals surface area contributed by atoms with Gasteiger partial charge in [-0.1, -0.05) is 31.5 Å². The number of rotatable bonds is 4. The van der Waals surface area contributed by atoms with E-state index in [1.165, 1.54) is 16.5 Å². The van der Waals surface area contributed by atoms with E-state index in [1.807, 2.05) is 4.90 Å². The van der Waals surface area contributed by atoms with Crippen LogP contribution in [0.1, 0.15) is 37.3 Å². The van der Waals surface area contributed by atoms with Gasteiger partial charge in [0.15, 0.2) is 0 Å². The molecule has 1 aromatic carbocycles. The molecule has 0 saturated carbocycles. The number of anilines is 1. The Morgan fingerprint density at radius 1 is 1.12 bits per heavy atom. The van der Waals surface area contributed by atoms with Gasteiger partial charge in [0.1, 0.15) is 5.82 Å².